The smallest absolute Gasteiger partial charge is 0.263 e. The molecule has 9 heteroatoms. The standard InChI is InChI=1S/C21H24N4O3S.ClH/c1-24-10-12-25(13-11-24)21-19-9-4-3-6-16(19)14-20(22-21)23-29(26,27)18-8-5-7-17(15-18)28-2;/h3-9,14-15H,10-13H2,1-2H3,(H,22,23);1H. The van der Waals surface area contributed by atoms with Crippen LogP contribution in [-0.4, -0.2) is 58.6 Å². The molecule has 4 rings (SSSR count). The Morgan fingerprint density at radius 1 is 1.00 bits per heavy atom. The number of ether oxygens (including phenoxy) is 1. The summed E-state index contributed by atoms with van der Waals surface area (Å²) in [7, 11) is -0.185. The highest BCUT2D eigenvalue weighted by Crippen LogP contribution is 2.29. The highest BCUT2D eigenvalue weighted by atomic mass is 35.5. The number of rotatable bonds is 5. The Morgan fingerprint density at radius 3 is 2.47 bits per heavy atom. The minimum absolute atomic E-state index is 0. The van der Waals surface area contributed by atoms with Gasteiger partial charge in [0.15, 0.2) is 0 Å². The first-order chi connectivity index (χ1) is 14.0. The monoisotopic (exact) mass is 448 g/mol. The number of likely N-dealkylation sites (N-methyl/N-ethyl adjacent to an activating group) is 1. The van der Waals surface area contributed by atoms with E-state index in [0.717, 1.165) is 42.8 Å². The minimum Gasteiger partial charge on any atom is -0.497 e. The summed E-state index contributed by atoms with van der Waals surface area (Å²) >= 11 is 0. The molecule has 0 saturated carbocycles. The third kappa shape index (κ3) is 4.61. The van der Waals surface area contributed by atoms with Crippen molar-refractivity contribution in [1.82, 2.24) is 9.88 Å². The van der Waals surface area contributed by atoms with Crippen molar-refractivity contribution in [2.75, 3.05) is 50.0 Å². The lowest BCUT2D eigenvalue weighted by atomic mass is 10.1. The van der Waals surface area contributed by atoms with E-state index in [1.165, 1.54) is 19.2 Å². The van der Waals surface area contributed by atoms with Gasteiger partial charge in [-0.2, -0.15) is 0 Å². The van der Waals surface area contributed by atoms with Gasteiger partial charge in [-0.1, -0.05) is 30.3 Å². The lowest BCUT2D eigenvalue weighted by molar-refractivity contribution is 0.312. The fourth-order valence-electron chi connectivity index (χ4n) is 3.46. The van der Waals surface area contributed by atoms with Gasteiger partial charge in [-0.25, -0.2) is 13.4 Å². The van der Waals surface area contributed by atoms with Crippen LogP contribution < -0.4 is 14.4 Å². The van der Waals surface area contributed by atoms with Gasteiger partial charge in [0.25, 0.3) is 10.0 Å². The average Bonchev–Trinajstić information content (AvgIpc) is 2.73. The van der Waals surface area contributed by atoms with Gasteiger partial charge in [0.1, 0.15) is 17.4 Å². The molecule has 1 aromatic heterocycles. The SMILES string of the molecule is COc1cccc(S(=O)(=O)Nc2cc3ccccc3c(N3CCN(C)CC3)n2)c1.Cl. The van der Waals surface area contributed by atoms with Gasteiger partial charge < -0.3 is 14.5 Å². The molecule has 2 aromatic carbocycles. The Morgan fingerprint density at radius 2 is 1.73 bits per heavy atom. The van der Waals surface area contributed by atoms with E-state index in [2.05, 4.69) is 26.6 Å². The third-order valence-electron chi connectivity index (χ3n) is 5.11. The number of aromatic nitrogens is 1. The van der Waals surface area contributed by atoms with E-state index in [-0.39, 0.29) is 17.3 Å². The van der Waals surface area contributed by atoms with Crippen LogP contribution in [-0.2, 0) is 10.0 Å². The molecule has 0 aliphatic carbocycles. The topological polar surface area (TPSA) is 74.8 Å². The zero-order valence-electron chi connectivity index (χ0n) is 16.9. The quantitative estimate of drug-likeness (QED) is 0.646. The molecule has 0 unspecified atom stereocenters. The summed E-state index contributed by atoms with van der Waals surface area (Å²) in [6.07, 6.45) is 0. The molecule has 0 radical (unpaired) electrons. The summed E-state index contributed by atoms with van der Waals surface area (Å²) < 4.78 is 33.6. The van der Waals surface area contributed by atoms with Gasteiger partial charge in [0, 0.05) is 37.6 Å². The number of nitrogens with zero attached hydrogens (tertiary/aromatic N) is 3. The second kappa shape index (κ2) is 9.07. The summed E-state index contributed by atoms with van der Waals surface area (Å²) in [4.78, 5) is 9.31. The number of benzene rings is 2. The maximum Gasteiger partial charge on any atom is 0.263 e. The highest BCUT2D eigenvalue weighted by molar-refractivity contribution is 7.92. The molecular weight excluding hydrogens is 424 g/mol. The van der Waals surface area contributed by atoms with Crippen molar-refractivity contribution in [2.45, 2.75) is 4.90 Å². The maximum absolute atomic E-state index is 12.9. The average molecular weight is 449 g/mol. The van der Waals surface area contributed by atoms with Crippen molar-refractivity contribution in [1.29, 1.82) is 0 Å². The lowest BCUT2D eigenvalue weighted by Gasteiger charge is -2.34. The summed E-state index contributed by atoms with van der Waals surface area (Å²) in [5, 5.41) is 1.96. The van der Waals surface area contributed by atoms with E-state index in [1.54, 1.807) is 18.2 Å². The van der Waals surface area contributed by atoms with Crippen LogP contribution in [0.2, 0.25) is 0 Å². The highest BCUT2D eigenvalue weighted by Gasteiger charge is 2.21. The first-order valence-electron chi connectivity index (χ1n) is 9.46. The fourth-order valence-corrected chi connectivity index (χ4v) is 4.48. The predicted molar refractivity (Wildman–Crippen MR) is 123 cm³/mol. The predicted octanol–water partition coefficient (Wildman–Crippen LogP) is 3.22. The molecular formula is C21H25ClN4O3S. The first kappa shape index (κ1) is 22.1. The number of nitrogens with one attached hydrogen (secondary N) is 1. The third-order valence-corrected chi connectivity index (χ3v) is 6.47. The van der Waals surface area contributed by atoms with Crippen LogP contribution in [0.25, 0.3) is 10.8 Å². The van der Waals surface area contributed by atoms with Gasteiger partial charge in [0.05, 0.1) is 12.0 Å². The van der Waals surface area contributed by atoms with Crippen molar-refractivity contribution in [3.8, 4) is 5.75 Å². The van der Waals surface area contributed by atoms with Crippen LogP contribution in [0.5, 0.6) is 5.75 Å². The molecule has 0 atom stereocenters. The number of hydrogen-bond donors (Lipinski definition) is 1. The Labute approximate surface area is 183 Å². The number of methoxy groups -OCH3 is 1. The van der Waals surface area contributed by atoms with Gasteiger partial charge in [-0.15, -0.1) is 12.4 Å². The summed E-state index contributed by atoms with van der Waals surface area (Å²) in [6, 6.07) is 16.1. The van der Waals surface area contributed by atoms with E-state index in [9.17, 15) is 8.42 Å². The largest absolute Gasteiger partial charge is 0.497 e. The van der Waals surface area contributed by atoms with Crippen LogP contribution in [0.4, 0.5) is 11.6 Å². The second-order valence-corrected chi connectivity index (χ2v) is 8.81. The van der Waals surface area contributed by atoms with E-state index >= 15 is 0 Å². The number of anilines is 2. The number of pyridine rings is 1. The molecule has 7 nitrogen and oxygen atoms in total. The number of hydrogen-bond acceptors (Lipinski definition) is 6. The van der Waals surface area contributed by atoms with E-state index in [4.69, 9.17) is 4.74 Å². The minimum atomic E-state index is -3.79. The zero-order chi connectivity index (χ0) is 20.4. The molecule has 3 aromatic rings. The molecule has 1 aliphatic rings. The summed E-state index contributed by atoms with van der Waals surface area (Å²) in [6.45, 7) is 3.57. The van der Waals surface area contributed by atoms with Crippen LogP contribution >= 0.6 is 12.4 Å². The van der Waals surface area contributed by atoms with Crippen molar-refractivity contribution in [2.24, 2.45) is 0 Å². The number of piperazine rings is 1. The Kier molecular flexibility index (Phi) is 6.70. The number of fused-ring (bicyclic) bond motifs is 1. The molecule has 30 heavy (non-hydrogen) atoms. The Bertz CT molecular complexity index is 1130. The van der Waals surface area contributed by atoms with E-state index in [1.807, 2.05) is 24.3 Å². The van der Waals surface area contributed by atoms with Gasteiger partial charge in [-0.3, -0.25) is 4.72 Å². The molecule has 1 saturated heterocycles. The molecule has 160 valence electrons. The van der Waals surface area contributed by atoms with E-state index < -0.39 is 10.0 Å². The van der Waals surface area contributed by atoms with Gasteiger partial charge in [0.2, 0.25) is 0 Å². The molecule has 1 N–H and O–H groups in total. The van der Waals surface area contributed by atoms with Crippen molar-refractivity contribution >= 4 is 44.8 Å². The van der Waals surface area contributed by atoms with Crippen LogP contribution in [0, 0.1) is 0 Å². The van der Waals surface area contributed by atoms with Crippen molar-refractivity contribution < 1.29 is 13.2 Å². The molecule has 2 heterocycles. The second-order valence-electron chi connectivity index (χ2n) is 7.13. The molecule has 1 fully saturated rings. The molecule has 0 bridgehead atoms. The Hall–Kier alpha value is -2.55. The van der Waals surface area contributed by atoms with Gasteiger partial charge in [-0.05, 0) is 30.6 Å². The lowest BCUT2D eigenvalue weighted by Crippen LogP contribution is -2.45. The Balaban J connectivity index is 0.00000256. The number of halogens is 1. The maximum atomic E-state index is 12.9. The van der Waals surface area contributed by atoms with Crippen LogP contribution in [0.1, 0.15) is 0 Å². The van der Waals surface area contributed by atoms with Crippen molar-refractivity contribution in [3.63, 3.8) is 0 Å². The van der Waals surface area contributed by atoms with Crippen molar-refractivity contribution in [3.05, 3.63) is 54.6 Å². The first-order valence-corrected chi connectivity index (χ1v) is 10.9. The summed E-state index contributed by atoms with van der Waals surface area (Å²) in [5.41, 5.74) is 0. The van der Waals surface area contributed by atoms with Gasteiger partial charge >= 0.3 is 0 Å². The zero-order valence-corrected chi connectivity index (χ0v) is 18.5. The van der Waals surface area contributed by atoms with Crippen LogP contribution in [0.15, 0.2) is 59.5 Å². The molecule has 0 amide bonds. The molecule has 0 spiro atoms. The van der Waals surface area contributed by atoms with E-state index in [0.29, 0.717) is 11.6 Å². The fraction of sp³-hybridized carbons (Fsp3) is 0.286. The summed E-state index contributed by atoms with van der Waals surface area (Å²) in [5.74, 6) is 1.59. The normalized spacial score (nSPS) is 14.9. The van der Waals surface area contributed by atoms with Crippen LogP contribution in [0.3, 0.4) is 0 Å². The molecule has 1 aliphatic heterocycles. The number of sulfonamides is 1.